The molecule has 28 heavy (non-hydrogen) atoms. The summed E-state index contributed by atoms with van der Waals surface area (Å²) in [7, 11) is -3.22. The summed E-state index contributed by atoms with van der Waals surface area (Å²) in [6.07, 6.45) is 2.82. The maximum atomic E-state index is 11.7. The topological polar surface area (TPSA) is 52.2 Å². The highest BCUT2D eigenvalue weighted by Crippen LogP contribution is 2.33. The summed E-state index contributed by atoms with van der Waals surface area (Å²) < 4.78 is 31.0. The third-order valence-corrected chi connectivity index (χ3v) is 6.09. The molecule has 2 aromatic carbocycles. The number of aromatic nitrogens is 1. The number of rotatable bonds is 4. The first-order valence-corrected chi connectivity index (χ1v) is 10.9. The van der Waals surface area contributed by atoms with Crippen molar-refractivity contribution in [2.75, 3.05) is 6.26 Å². The minimum atomic E-state index is -3.22. The number of aryl methyl sites for hydroxylation is 1. The van der Waals surface area contributed by atoms with Crippen LogP contribution < -0.4 is 0 Å². The Balaban J connectivity index is 1.78. The molecule has 0 aliphatic rings. The number of hydrogen-bond donors (Lipinski definition) is 0. The van der Waals surface area contributed by atoms with Crippen LogP contribution in [-0.4, -0.2) is 19.2 Å². The van der Waals surface area contributed by atoms with Crippen LogP contribution in [0.25, 0.3) is 28.3 Å². The number of sulfone groups is 1. The quantitative estimate of drug-likeness (QED) is 0.428. The van der Waals surface area contributed by atoms with Crippen LogP contribution in [0.1, 0.15) is 5.69 Å². The van der Waals surface area contributed by atoms with Gasteiger partial charge < -0.3 is 8.98 Å². The molecular weight excluding hydrogens is 394 g/mol. The van der Waals surface area contributed by atoms with E-state index in [2.05, 4.69) is 4.57 Å². The van der Waals surface area contributed by atoms with Gasteiger partial charge in [0.15, 0.2) is 9.84 Å². The van der Waals surface area contributed by atoms with E-state index in [1.165, 1.54) is 6.26 Å². The molecule has 0 bridgehead atoms. The van der Waals surface area contributed by atoms with Crippen LogP contribution >= 0.6 is 11.6 Å². The van der Waals surface area contributed by atoms with E-state index in [4.69, 9.17) is 16.0 Å². The fraction of sp³-hybridized carbons (Fsp3) is 0.0909. The largest absolute Gasteiger partial charge is 0.464 e. The Hall–Kier alpha value is -2.76. The van der Waals surface area contributed by atoms with Gasteiger partial charge in [0.25, 0.3) is 0 Å². The van der Waals surface area contributed by atoms with Crippen LogP contribution in [0.5, 0.6) is 0 Å². The van der Waals surface area contributed by atoms with E-state index in [9.17, 15) is 8.42 Å². The molecule has 0 aliphatic carbocycles. The monoisotopic (exact) mass is 411 g/mol. The highest BCUT2D eigenvalue weighted by molar-refractivity contribution is 7.90. The van der Waals surface area contributed by atoms with Crippen molar-refractivity contribution in [3.8, 4) is 28.3 Å². The van der Waals surface area contributed by atoms with Crippen molar-refractivity contribution in [1.29, 1.82) is 0 Å². The van der Waals surface area contributed by atoms with Crippen molar-refractivity contribution in [3.05, 3.63) is 83.7 Å². The van der Waals surface area contributed by atoms with E-state index in [0.717, 1.165) is 34.0 Å². The van der Waals surface area contributed by atoms with Gasteiger partial charge in [-0.15, -0.1) is 0 Å². The highest BCUT2D eigenvalue weighted by Gasteiger charge is 2.14. The number of benzene rings is 2. The smallest absolute Gasteiger partial charge is 0.175 e. The van der Waals surface area contributed by atoms with Crippen molar-refractivity contribution in [3.63, 3.8) is 0 Å². The Morgan fingerprint density at radius 3 is 2.32 bits per heavy atom. The van der Waals surface area contributed by atoms with E-state index in [-0.39, 0.29) is 0 Å². The van der Waals surface area contributed by atoms with Gasteiger partial charge in [0, 0.05) is 23.2 Å². The van der Waals surface area contributed by atoms with Gasteiger partial charge >= 0.3 is 0 Å². The van der Waals surface area contributed by atoms with Gasteiger partial charge in [-0.05, 0) is 67.1 Å². The number of hydrogen-bond acceptors (Lipinski definition) is 3. The molecule has 0 spiro atoms. The minimum Gasteiger partial charge on any atom is -0.464 e. The maximum Gasteiger partial charge on any atom is 0.175 e. The molecule has 2 heterocycles. The van der Waals surface area contributed by atoms with Crippen molar-refractivity contribution in [2.24, 2.45) is 0 Å². The molecule has 0 amide bonds. The van der Waals surface area contributed by atoms with Crippen LogP contribution in [-0.2, 0) is 9.84 Å². The minimum absolute atomic E-state index is 0.303. The summed E-state index contributed by atoms with van der Waals surface area (Å²) >= 11 is 6.52. The normalized spacial score (nSPS) is 11.7. The van der Waals surface area contributed by atoms with Gasteiger partial charge in [-0.25, -0.2) is 8.42 Å². The summed E-state index contributed by atoms with van der Waals surface area (Å²) in [4.78, 5) is 0.303. The first-order valence-electron chi connectivity index (χ1n) is 8.67. The van der Waals surface area contributed by atoms with Gasteiger partial charge in [0.2, 0.25) is 0 Å². The molecule has 0 N–H and O–H groups in total. The van der Waals surface area contributed by atoms with Gasteiger partial charge in [-0.1, -0.05) is 23.7 Å². The van der Waals surface area contributed by atoms with Gasteiger partial charge in [-0.2, -0.15) is 0 Å². The van der Waals surface area contributed by atoms with Crippen LogP contribution in [0.15, 0.2) is 82.3 Å². The second-order valence-electron chi connectivity index (χ2n) is 6.63. The van der Waals surface area contributed by atoms with Crippen molar-refractivity contribution < 1.29 is 12.8 Å². The van der Waals surface area contributed by atoms with E-state index < -0.39 is 9.84 Å². The molecule has 4 aromatic rings. The van der Waals surface area contributed by atoms with E-state index in [0.29, 0.717) is 9.92 Å². The zero-order valence-electron chi connectivity index (χ0n) is 15.4. The number of furan rings is 1. The molecule has 4 nitrogen and oxygen atoms in total. The molecule has 0 aliphatic heterocycles. The Labute approximate surface area is 168 Å². The van der Waals surface area contributed by atoms with Crippen LogP contribution in [0.2, 0.25) is 5.02 Å². The standard InChI is InChI=1S/C22H18ClNO3S/c1-15-5-12-21(16-6-9-18(10-7-16)28(2,25)26)24(15)17-8-11-19(20(23)14-17)22-4-3-13-27-22/h3-14H,1-2H3. The summed E-state index contributed by atoms with van der Waals surface area (Å²) in [6.45, 7) is 2.02. The molecule has 0 saturated carbocycles. The molecule has 0 radical (unpaired) electrons. The lowest BCUT2D eigenvalue weighted by molar-refractivity contribution is 0.582. The molecule has 0 atom stereocenters. The fourth-order valence-corrected chi connectivity index (χ4v) is 4.15. The van der Waals surface area contributed by atoms with Gasteiger partial charge in [0.05, 0.1) is 21.9 Å². The molecule has 0 fully saturated rings. The fourth-order valence-electron chi connectivity index (χ4n) is 3.25. The third kappa shape index (κ3) is 3.39. The number of nitrogens with zero attached hydrogens (tertiary/aromatic N) is 1. The van der Waals surface area contributed by atoms with E-state index in [1.54, 1.807) is 18.4 Å². The molecule has 4 rings (SSSR count). The number of halogens is 1. The lowest BCUT2D eigenvalue weighted by Gasteiger charge is -2.14. The molecule has 6 heteroatoms. The molecule has 0 unspecified atom stereocenters. The van der Waals surface area contributed by atoms with Gasteiger partial charge in [0.1, 0.15) is 5.76 Å². The zero-order valence-corrected chi connectivity index (χ0v) is 17.0. The molecule has 142 valence electrons. The van der Waals surface area contributed by atoms with Crippen molar-refractivity contribution >= 4 is 21.4 Å². The highest BCUT2D eigenvalue weighted by atomic mass is 35.5. The summed E-state index contributed by atoms with van der Waals surface area (Å²) in [6, 6.07) is 20.5. The second kappa shape index (κ2) is 7.00. The van der Waals surface area contributed by atoms with Gasteiger partial charge in [-0.3, -0.25) is 0 Å². The average Bonchev–Trinajstić information content (AvgIpc) is 3.31. The van der Waals surface area contributed by atoms with Crippen LogP contribution in [0.4, 0.5) is 0 Å². The first-order chi connectivity index (χ1) is 13.3. The predicted octanol–water partition coefficient (Wildman–Crippen LogP) is 5.77. The van der Waals surface area contributed by atoms with E-state index >= 15 is 0 Å². The van der Waals surface area contributed by atoms with Crippen LogP contribution in [0, 0.1) is 6.92 Å². The SMILES string of the molecule is Cc1ccc(-c2ccc(S(C)(=O)=O)cc2)n1-c1ccc(-c2ccco2)c(Cl)c1. The second-order valence-corrected chi connectivity index (χ2v) is 9.06. The lowest BCUT2D eigenvalue weighted by atomic mass is 10.1. The zero-order chi connectivity index (χ0) is 19.9. The van der Waals surface area contributed by atoms with Crippen molar-refractivity contribution in [2.45, 2.75) is 11.8 Å². The molecule has 2 aromatic heterocycles. The summed E-state index contributed by atoms with van der Waals surface area (Å²) in [5.74, 6) is 0.720. The van der Waals surface area contributed by atoms with E-state index in [1.807, 2.05) is 61.5 Å². The Kier molecular flexibility index (Phi) is 4.65. The predicted molar refractivity (Wildman–Crippen MR) is 112 cm³/mol. The van der Waals surface area contributed by atoms with Crippen LogP contribution in [0.3, 0.4) is 0 Å². The molecular formula is C22H18ClNO3S. The third-order valence-electron chi connectivity index (χ3n) is 4.65. The average molecular weight is 412 g/mol. The molecule has 0 saturated heterocycles. The Morgan fingerprint density at radius 1 is 0.964 bits per heavy atom. The maximum absolute atomic E-state index is 11.7. The summed E-state index contributed by atoms with van der Waals surface area (Å²) in [5, 5.41) is 0.596. The summed E-state index contributed by atoms with van der Waals surface area (Å²) in [5.41, 5.74) is 4.68. The first kappa shape index (κ1) is 18.6. The Bertz CT molecular complexity index is 1240. The Morgan fingerprint density at radius 2 is 1.71 bits per heavy atom. The lowest BCUT2D eigenvalue weighted by Crippen LogP contribution is -2.00. The van der Waals surface area contributed by atoms with Crippen molar-refractivity contribution in [1.82, 2.24) is 4.57 Å².